The minimum atomic E-state index is -1.09. The largest absolute Gasteiger partial charge is 0.454 e. The molecule has 0 aromatic heterocycles. The highest BCUT2D eigenvalue weighted by Crippen LogP contribution is 2.33. The summed E-state index contributed by atoms with van der Waals surface area (Å²) in [6.07, 6.45) is -0.987. The van der Waals surface area contributed by atoms with Gasteiger partial charge in [-0.2, -0.15) is 4.39 Å². The highest BCUT2D eigenvalue weighted by atomic mass is 19.1. The topological polar surface area (TPSA) is 72.6 Å². The van der Waals surface area contributed by atoms with Crippen LogP contribution in [-0.2, 0) is 0 Å². The first-order valence-electron chi connectivity index (χ1n) is 5.98. The maximum absolute atomic E-state index is 13.8. The zero-order valence-corrected chi connectivity index (χ0v) is 10.9. The second kappa shape index (κ2) is 5.84. The van der Waals surface area contributed by atoms with Crippen LogP contribution in [0, 0.1) is 21.7 Å². The van der Waals surface area contributed by atoms with Gasteiger partial charge in [0.25, 0.3) is 0 Å². The quantitative estimate of drug-likeness (QED) is 0.689. The Balaban J connectivity index is 2.39. The van der Waals surface area contributed by atoms with E-state index in [4.69, 9.17) is 4.74 Å². The molecule has 110 valence electrons. The van der Waals surface area contributed by atoms with Crippen molar-refractivity contribution in [1.29, 1.82) is 0 Å². The number of benzene rings is 2. The van der Waals surface area contributed by atoms with Gasteiger partial charge in [0.1, 0.15) is 5.75 Å². The third-order valence-corrected chi connectivity index (χ3v) is 2.78. The van der Waals surface area contributed by atoms with Crippen LogP contribution < -0.4 is 4.74 Å². The Morgan fingerprint density at radius 2 is 1.95 bits per heavy atom. The molecule has 0 heterocycles. The van der Waals surface area contributed by atoms with Crippen molar-refractivity contribution in [2.75, 3.05) is 0 Å². The fourth-order valence-electron chi connectivity index (χ4n) is 1.78. The van der Waals surface area contributed by atoms with E-state index in [2.05, 4.69) is 0 Å². The summed E-state index contributed by atoms with van der Waals surface area (Å²) in [7, 11) is 0. The first-order valence-corrected chi connectivity index (χ1v) is 5.98. The number of ether oxygens (including phenoxy) is 1. The van der Waals surface area contributed by atoms with Gasteiger partial charge < -0.3 is 9.84 Å². The summed E-state index contributed by atoms with van der Waals surface area (Å²) in [5, 5.41) is 20.1. The monoisotopic (exact) mass is 295 g/mol. The lowest BCUT2D eigenvalue weighted by Crippen LogP contribution is -1.99. The van der Waals surface area contributed by atoms with Crippen LogP contribution >= 0.6 is 0 Å². The number of nitro benzene ring substituents is 1. The molecule has 0 spiro atoms. The molecule has 5 nitrogen and oxygen atoms in total. The summed E-state index contributed by atoms with van der Waals surface area (Å²) in [5.41, 5.74) is -0.514. The first kappa shape index (κ1) is 14.9. The Labute approximate surface area is 118 Å². The Morgan fingerprint density at radius 3 is 2.52 bits per heavy atom. The SMILES string of the molecule is C[C@@H](O)c1cccc(F)c1Oc1ccc([N+](=O)[O-])c(F)c1. The van der Waals surface area contributed by atoms with Gasteiger partial charge in [-0.3, -0.25) is 10.1 Å². The van der Waals surface area contributed by atoms with Crippen LogP contribution in [0.25, 0.3) is 0 Å². The molecule has 2 aromatic carbocycles. The van der Waals surface area contributed by atoms with Gasteiger partial charge in [0, 0.05) is 17.7 Å². The molecular weight excluding hydrogens is 284 g/mol. The third kappa shape index (κ3) is 3.14. The highest BCUT2D eigenvalue weighted by Gasteiger charge is 2.18. The number of aliphatic hydroxyl groups excluding tert-OH is 1. The fourth-order valence-corrected chi connectivity index (χ4v) is 1.78. The summed E-state index contributed by atoms with van der Waals surface area (Å²) in [4.78, 5) is 9.65. The lowest BCUT2D eigenvalue weighted by atomic mass is 10.1. The molecule has 21 heavy (non-hydrogen) atoms. The normalized spacial score (nSPS) is 12.0. The van der Waals surface area contributed by atoms with Crippen LogP contribution in [0.15, 0.2) is 36.4 Å². The molecule has 0 aliphatic rings. The van der Waals surface area contributed by atoms with Gasteiger partial charge in [0.05, 0.1) is 11.0 Å². The number of halogens is 2. The maximum Gasteiger partial charge on any atom is 0.305 e. The molecule has 0 saturated carbocycles. The van der Waals surface area contributed by atoms with Crippen molar-refractivity contribution >= 4 is 5.69 Å². The van der Waals surface area contributed by atoms with Crippen molar-refractivity contribution in [3.8, 4) is 11.5 Å². The molecule has 2 aromatic rings. The summed E-state index contributed by atoms with van der Waals surface area (Å²) in [6.45, 7) is 1.43. The van der Waals surface area contributed by atoms with E-state index in [0.29, 0.717) is 0 Å². The van der Waals surface area contributed by atoms with E-state index in [9.17, 15) is 24.0 Å². The van der Waals surface area contributed by atoms with Gasteiger partial charge in [-0.25, -0.2) is 4.39 Å². The Morgan fingerprint density at radius 1 is 1.24 bits per heavy atom. The number of para-hydroxylation sites is 1. The van der Waals surface area contributed by atoms with Crippen LogP contribution in [0.1, 0.15) is 18.6 Å². The maximum atomic E-state index is 13.8. The average molecular weight is 295 g/mol. The minimum Gasteiger partial charge on any atom is -0.454 e. The van der Waals surface area contributed by atoms with E-state index in [-0.39, 0.29) is 17.1 Å². The van der Waals surface area contributed by atoms with Crippen LogP contribution in [0.4, 0.5) is 14.5 Å². The van der Waals surface area contributed by atoms with Crippen molar-refractivity contribution in [2.24, 2.45) is 0 Å². The van der Waals surface area contributed by atoms with E-state index in [0.717, 1.165) is 24.3 Å². The molecule has 1 atom stereocenters. The number of rotatable bonds is 4. The molecule has 7 heteroatoms. The van der Waals surface area contributed by atoms with E-state index >= 15 is 0 Å². The average Bonchev–Trinajstić information content (AvgIpc) is 2.40. The van der Waals surface area contributed by atoms with Crippen molar-refractivity contribution in [1.82, 2.24) is 0 Å². The molecule has 0 amide bonds. The first-order chi connectivity index (χ1) is 9.90. The lowest BCUT2D eigenvalue weighted by Gasteiger charge is -2.13. The van der Waals surface area contributed by atoms with Gasteiger partial charge in [-0.15, -0.1) is 0 Å². The number of nitrogens with zero attached hydrogens (tertiary/aromatic N) is 1. The predicted molar refractivity (Wildman–Crippen MR) is 70.2 cm³/mol. The molecular formula is C14H11F2NO4. The molecule has 0 fully saturated rings. The Bertz CT molecular complexity index is 689. The Kier molecular flexibility index (Phi) is 4.13. The summed E-state index contributed by atoms with van der Waals surface area (Å²) in [6, 6.07) is 6.86. The standard InChI is InChI=1S/C14H11F2NO4/c1-8(18)10-3-2-4-11(15)14(10)21-9-5-6-13(17(19)20)12(16)7-9/h2-8,18H,1H3/t8-/m1/s1. The third-order valence-electron chi connectivity index (χ3n) is 2.78. The fraction of sp³-hybridized carbons (Fsp3) is 0.143. The molecule has 0 aliphatic carbocycles. The number of nitro groups is 1. The Hall–Kier alpha value is -2.54. The zero-order valence-electron chi connectivity index (χ0n) is 10.9. The molecule has 0 saturated heterocycles. The van der Waals surface area contributed by atoms with Crippen molar-refractivity contribution in [3.05, 3.63) is 63.7 Å². The smallest absolute Gasteiger partial charge is 0.305 e. The van der Waals surface area contributed by atoms with Gasteiger partial charge in [0.15, 0.2) is 11.6 Å². The highest BCUT2D eigenvalue weighted by molar-refractivity contribution is 5.43. The second-order valence-electron chi connectivity index (χ2n) is 4.31. The van der Waals surface area contributed by atoms with Crippen molar-refractivity contribution in [3.63, 3.8) is 0 Å². The molecule has 0 bridgehead atoms. The van der Waals surface area contributed by atoms with E-state index in [1.807, 2.05) is 0 Å². The van der Waals surface area contributed by atoms with Crippen LogP contribution in [0.3, 0.4) is 0 Å². The molecule has 0 radical (unpaired) electrons. The van der Waals surface area contributed by atoms with Gasteiger partial charge in [0.2, 0.25) is 5.82 Å². The minimum absolute atomic E-state index is 0.106. The van der Waals surface area contributed by atoms with Gasteiger partial charge >= 0.3 is 5.69 Å². The molecule has 0 aliphatic heterocycles. The zero-order chi connectivity index (χ0) is 15.6. The van der Waals surface area contributed by atoms with E-state index in [1.165, 1.54) is 19.1 Å². The summed E-state index contributed by atoms with van der Waals surface area (Å²) < 4.78 is 32.5. The van der Waals surface area contributed by atoms with Crippen LogP contribution in [0.2, 0.25) is 0 Å². The van der Waals surface area contributed by atoms with Gasteiger partial charge in [-0.1, -0.05) is 12.1 Å². The number of aliphatic hydroxyl groups is 1. The predicted octanol–water partition coefficient (Wildman–Crippen LogP) is 3.72. The van der Waals surface area contributed by atoms with E-state index < -0.39 is 28.3 Å². The molecule has 1 N–H and O–H groups in total. The van der Waals surface area contributed by atoms with Crippen molar-refractivity contribution in [2.45, 2.75) is 13.0 Å². The van der Waals surface area contributed by atoms with Crippen LogP contribution in [0.5, 0.6) is 11.5 Å². The van der Waals surface area contributed by atoms with Crippen LogP contribution in [-0.4, -0.2) is 10.0 Å². The van der Waals surface area contributed by atoms with Gasteiger partial charge in [-0.05, 0) is 19.1 Å². The van der Waals surface area contributed by atoms with E-state index in [1.54, 1.807) is 0 Å². The summed E-state index contributed by atoms with van der Waals surface area (Å²) >= 11 is 0. The lowest BCUT2D eigenvalue weighted by molar-refractivity contribution is -0.387. The molecule has 2 rings (SSSR count). The number of hydrogen-bond acceptors (Lipinski definition) is 4. The van der Waals surface area contributed by atoms with Crippen molar-refractivity contribution < 1.29 is 23.5 Å². The summed E-state index contributed by atoms with van der Waals surface area (Å²) in [5.74, 6) is -2.18. The molecule has 0 unspecified atom stereocenters. The number of hydrogen-bond donors (Lipinski definition) is 1. The second-order valence-corrected chi connectivity index (χ2v) is 4.31.